The highest BCUT2D eigenvalue weighted by atomic mass is 16.5. The lowest BCUT2D eigenvalue weighted by molar-refractivity contribution is -0.143. The molecule has 116 valence electrons. The van der Waals surface area contributed by atoms with E-state index in [2.05, 4.69) is 0 Å². The van der Waals surface area contributed by atoms with Crippen molar-refractivity contribution in [3.63, 3.8) is 0 Å². The Hall–Kier alpha value is -2.24. The monoisotopic (exact) mass is 295 g/mol. The van der Waals surface area contributed by atoms with Crippen LogP contribution in [-0.2, 0) is 9.53 Å². The summed E-state index contributed by atoms with van der Waals surface area (Å²) in [6, 6.07) is 4.39. The van der Waals surface area contributed by atoms with Crippen molar-refractivity contribution in [2.45, 2.75) is 20.3 Å². The van der Waals surface area contributed by atoms with Gasteiger partial charge in [0.25, 0.3) is 5.91 Å². The van der Waals surface area contributed by atoms with Crippen LogP contribution in [0.5, 0.6) is 11.5 Å². The Morgan fingerprint density at radius 1 is 1.29 bits per heavy atom. The topological polar surface area (TPSA) is 76.1 Å². The van der Waals surface area contributed by atoms with E-state index in [1.54, 1.807) is 13.0 Å². The maximum atomic E-state index is 12.4. The van der Waals surface area contributed by atoms with Gasteiger partial charge in [-0.25, -0.2) is 0 Å². The van der Waals surface area contributed by atoms with Gasteiger partial charge in [-0.3, -0.25) is 9.59 Å². The molecule has 1 amide bonds. The van der Waals surface area contributed by atoms with Crippen molar-refractivity contribution in [1.29, 1.82) is 0 Å². The molecule has 0 saturated heterocycles. The van der Waals surface area contributed by atoms with Gasteiger partial charge in [-0.15, -0.1) is 0 Å². The summed E-state index contributed by atoms with van der Waals surface area (Å²) >= 11 is 0. The average molecular weight is 295 g/mol. The molecule has 0 radical (unpaired) electrons. The molecule has 0 unspecified atom stereocenters. The molecule has 0 atom stereocenters. The van der Waals surface area contributed by atoms with Crippen molar-refractivity contribution >= 4 is 11.9 Å². The van der Waals surface area contributed by atoms with Crippen molar-refractivity contribution in [2.75, 3.05) is 26.8 Å². The van der Waals surface area contributed by atoms with E-state index in [-0.39, 0.29) is 24.8 Å². The third-order valence-electron chi connectivity index (χ3n) is 2.83. The Morgan fingerprint density at radius 2 is 2.00 bits per heavy atom. The lowest BCUT2D eigenvalue weighted by Crippen LogP contribution is -2.37. The quantitative estimate of drug-likeness (QED) is 0.776. The Labute approximate surface area is 124 Å². The molecule has 0 aromatic heterocycles. The first-order valence-electron chi connectivity index (χ1n) is 6.85. The number of esters is 1. The van der Waals surface area contributed by atoms with E-state index in [4.69, 9.17) is 9.47 Å². The minimum absolute atomic E-state index is 0.104. The molecule has 1 rings (SSSR count). The van der Waals surface area contributed by atoms with Gasteiger partial charge < -0.3 is 19.5 Å². The van der Waals surface area contributed by atoms with Gasteiger partial charge in [0.05, 0.1) is 13.7 Å². The summed E-state index contributed by atoms with van der Waals surface area (Å²) in [4.78, 5) is 25.3. The van der Waals surface area contributed by atoms with Gasteiger partial charge in [0.15, 0.2) is 11.5 Å². The number of methoxy groups -OCH3 is 1. The molecule has 0 bridgehead atoms. The fourth-order valence-electron chi connectivity index (χ4n) is 1.89. The fraction of sp³-hybridized carbons (Fsp3) is 0.467. The molecule has 1 N–H and O–H groups in total. The zero-order chi connectivity index (χ0) is 15.8. The van der Waals surface area contributed by atoms with Gasteiger partial charge in [0.2, 0.25) is 0 Å². The SMILES string of the molecule is CCCN(CC(=O)OCC)C(=O)c1ccc(OC)c(O)c1. The first-order chi connectivity index (χ1) is 10.0. The van der Waals surface area contributed by atoms with Gasteiger partial charge in [0, 0.05) is 12.1 Å². The number of rotatable bonds is 7. The third-order valence-corrected chi connectivity index (χ3v) is 2.83. The van der Waals surface area contributed by atoms with Crippen LogP contribution >= 0.6 is 0 Å². The van der Waals surface area contributed by atoms with E-state index in [0.717, 1.165) is 0 Å². The summed E-state index contributed by atoms with van der Waals surface area (Å²) in [7, 11) is 1.43. The molecule has 0 heterocycles. The van der Waals surface area contributed by atoms with Gasteiger partial charge in [-0.2, -0.15) is 0 Å². The van der Waals surface area contributed by atoms with E-state index < -0.39 is 5.97 Å². The van der Waals surface area contributed by atoms with Crippen LogP contribution in [-0.4, -0.2) is 48.7 Å². The third kappa shape index (κ3) is 4.66. The molecule has 21 heavy (non-hydrogen) atoms. The normalized spacial score (nSPS) is 10.0. The van der Waals surface area contributed by atoms with Gasteiger partial charge in [-0.05, 0) is 31.5 Å². The first kappa shape index (κ1) is 16.8. The summed E-state index contributed by atoms with van der Waals surface area (Å²) in [6.45, 7) is 4.23. The lowest BCUT2D eigenvalue weighted by atomic mass is 10.1. The average Bonchev–Trinajstić information content (AvgIpc) is 2.46. The zero-order valence-corrected chi connectivity index (χ0v) is 12.6. The summed E-state index contributed by atoms with van der Waals surface area (Å²) < 4.78 is 9.80. The predicted molar refractivity (Wildman–Crippen MR) is 77.5 cm³/mol. The molecule has 6 nitrogen and oxygen atoms in total. The Morgan fingerprint density at radius 3 is 2.52 bits per heavy atom. The molecule has 0 spiro atoms. The number of hydrogen-bond acceptors (Lipinski definition) is 5. The van der Waals surface area contributed by atoms with E-state index >= 15 is 0 Å². The minimum Gasteiger partial charge on any atom is -0.504 e. The maximum Gasteiger partial charge on any atom is 0.325 e. The smallest absolute Gasteiger partial charge is 0.325 e. The van der Waals surface area contributed by atoms with Crippen molar-refractivity contribution < 1.29 is 24.2 Å². The number of benzene rings is 1. The van der Waals surface area contributed by atoms with Crippen LogP contribution in [0.1, 0.15) is 30.6 Å². The number of carbonyl (C=O) groups excluding carboxylic acids is 2. The summed E-state index contributed by atoms with van der Waals surface area (Å²) in [5, 5.41) is 9.73. The van der Waals surface area contributed by atoms with Crippen LogP contribution < -0.4 is 4.74 Å². The molecule has 6 heteroatoms. The molecule has 1 aromatic rings. The highest BCUT2D eigenvalue weighted by Crippen LogP contribution is 2.26. The van der Waals surface area contributed by atoms with Gasteiger partial charge in [-0.1, -0.05) is 6.92 Å². The second-order valence-electron chi connectivity index (χ2n) is 4.42. The molecular weight excluding hydrogens is 274 g/mol. The molecule has 0 aliphatic heterocycles. The van der Waals surface area contributed by atoms with Gasteiger partial charge in [0.1, 0.15) is 6.54 Å². The predicted octanol–water partition coefficient (Wildman–Crippen LogP) is 1.82. The summed E-state index contributed by atoms with van der Waals surface area (Å²) in [6.07, 6.45) is 0.716. The van der Waals surface area contributed by atoms with Crippen molar-refractivity contribution in [1.82, 2.24) is 4.90 Å². The molecule has 0 aliphatic rings. The van der Waals surface area contributed by atoms with Crippen molar-refractivity contribution in [3.8, 4) is 11.5 Å². The first-order valence-corrected chi connectivity index (χ1v) is 6.85. The number of aromatic hydroxyl groups is 1. The highest BCUT2D eigenvalue weighted by molar-refractivity contribution is 5.96. The number of hydrogen-bond donors (Lipinski definition) is 1. The molecular formula is C15H21NO5. The Balaban J connectivity index is 2.89. The lowest BCUT2D eigenvalue weighted by Gasteiger charge is -2.21. The molecule has 1 aromatic carbocycles. The minimum atomic E-state index is -0.447. The largest absolute Gasteiger partial charge is 0.504 e. The van der Waals surface area contributed by atoms with Crippen LogP contribution in [0.15, 0.2) is 18.2 Å². The standard InChI is InChI=1S/C15H21NO5/c1-4-8-16(10-14(18)21-5-2)15(19)11-6-7-13(20-3)12(17)9-11/h6-7,9,17H,4-5,8,10H2,1-3H3. The maximum absolute atomic E-state index is 12.4. The molecule has 0 aliphatic carbocycles. The van der Waals surface area contributed by atoms with Crippen LogP contribution in [0.25, 0.3) is 0 Å². The zero-order valence-electron chi connectivity index (χ0n) is 12.6. The number of carbonyl (C=O) groups is 2. The van der Waals surface area contributed by atoms with Crippen LogP contribution in [0.3, 0.4) is 0 Å². The van der Waals surface area contributed by atoms with E-state index in [9.17, 15) is 14.7 Å². The number of ether oxygens (including phenoxy) is 2. The number of amides is 1. The van der Waals surface area contributed by atoms with Gasteiger partial charge >= 0.3 is 5.97 Å². The number of phenolic OH excluding ortho intramolecular Hbond substituents is 1. The number of nitrogens with zero attached hydrogens (tertiary/aromatic N) is 1. The Bertz CT molecular complexity index is 501. The number of phenols is 1. The van der Waals surface area contributed by atoms with E-state index in [1.165, 1.54) is 24.1 Å². The van der Waals surface area contributed by atoms with Crippen LogP contribution in [0.2, 0.25) is 0 Å². The van der Waals surface area contributed by atoms with E-state index in [1.807, 2.05) is 6.92 Å². The Kier molecular flexibility index (Phi) is 6.52. The fourth-order valence-corrected chi connectivity index (χ4v) is 1.89. The van der Waals surface area contributed by atoms with E-state index in [0.29, 0.717) is 24.3 Å². The van der Waals surface area contributed by atoms with Crippen molar-refractivity contribution in [2.24, 2.45) is 0 Å². The van der Waals surface area contributed by atoms with Crippen LogP contribution in [0.4, 0.5) is 0 Å². The summed E-state index contributed by atoms with van der Waals surface area (Å²) in [5.74, 6) is -0.602. The molecule has 0 fully saturated rings. The molecule has 0 saturated carbocycles. The van der Waals surface area contributed by atoms with Crippen LogP contribution in [0, 0.1) is 0 Å². The second-order valence-corrected chi connectivity index (χ2v) is 4.42. The second kappa shape index (κ2) is 8.14. The summed E-state index contributed by atoms with van der Waals surface area (Å²) in [5.41, 5.74) is 0.297. The highest BCUT2D eigenvalue weighted by Gasteiger charge is 2.19. The van der Waals surface area contributed by atoms with Crippen molar-refractivity contribution in [3.05, 3.63) is 23.8 Å².